The molecule has 3 nitrogen and oxygen atoms in total. The Labute approximate surface area is 100 Å². The number of ether oxygens (including phenoxy) is 2. The van der Waals surface area contributed by atoms with Gasteiger partial charge in [0.05, 0.1) is 12.7 Å². The summed E-state index contributed by atoms with van der Waals surface area (Å²) < 4.78 is 9.94. The third-order valence-electron chi connectivity index (χ3n) is 2.26. The number of hydrogen-bond donors (Lipinski definition) is 1. The molecule has 0 saturated heterocycles. The zero-order valence-electron chi connectivity index (χ0n) is 9.32. The highest BCUT2D eigenvalue weighted by atomic mass is 32.1. The van der Waals surface area contributed by atoms with Gasteiger partial charge in [0.15, 0.2) is 0 Å². The lowest BCUT2D eigenvalue weighted by Crippen LogP contribution is -2.05. The van der Waals surface area contributed by atoms with Gasteiger partial charge in [-0.25, -0.2) is 4.79 Å². The Morgan fingerprint density at radius 1 is 1.50 bits per heavy atom. The standard InChI is InChI=1S/C12H14O3S/c1-8-10(9(2)12(13)14-3)5-4-6-11(8)15-7-16/h4-6,16H,2,7H2,1,3H3. The molecule has 0 saturated carbocycles. The van der Waals surface area contributed by atoms with Crippen LogP contribution in [0.1, 0.15) is 11.1 Å². The topological polar surface area (TPSA) is 35.5 Å². The van der Waals surface area contributed by atoms with E-state index in [1.54, 1.807) is 12.1 Å². The molecule has 1 aromatic rings. The third-order valence-corrected chi connectivity index (χ3v) is 2.39. The van der Waals surface area contributed by atoms with Crippen LogP contribution in [0.15, 0.2) is 24.8 Å². The Hall–Kier alpha value is -1.42. The fourth-order valence-electron chi connectivity index (χ4n) is 1.40. The van der Waals surface area contributed by atoms with Crippen LogP contribution in [0.4, 0.5) is 0 Å². The molecule has 0 unspecified atom stereocenters. The summed E-state index contributed by atoms with van der Waals surface area (Å²) in [6.07, 6.45) is 0. The molecular formula is C12H14O3S. The average molecular weight is 238 g/mol. The van der Waals surface area contributed by atoms with Gasteiger partial charge >= 0.3 is 5.97 Å². The summed E-state index contributed by atoms with van der Waals surface area (Å²) in [5.41, 5.74) is 1.91. The molecule has 0 bridgehead atoms. The minimum Gasteiger partial charge on any atom is -0.483 e. The van der Waals surface area contributed by atoms with Gasteiger partial charge < -0.3 is 9.47 Å². The van der Waals surface area contributed by atoms with Gasteiger partial charge in [-0.15, -0.1) is 12.6 Å². The molecule has 1 aromatic carbocycles. The number of rotatable bonds is 4. The van der Waals surface area contributed by atoms with Gasteiger partial charge in [-0.2, -0.15) is 0 Å². The number of methoxy groups -OCH3 is 1. The van der Waals surface area contributed by atoms with Crippen molar-refractivity contribution >= 4 is 24.2 Å². The van der Waals surface area contributed by atoms with Gasteiger partial charge in [0, 0.05) is 0 Å². The van der Waals surface area contributed by atoms with Gasteiger partial charge in [-0.3, -0.25) is 0 Å². The Morgan fingerprint density at radius 2 is 2.19 bits per heavy atom. The molecule has 0 aliphatic carbocycles. The van der Waals surface area contributed by atoms with Crippen LogP contribution in [0.5, 0.6) is 5.75 Å². The van der Waals surface area contributed by atoms with Crippen molar-refractivity contribution in [2.24, 2.45) is 0 Å². The van der Waals surface area contributed by atoms with Crippen LogP contribution in [0.3, 0.4) is 0 Å². The highest BCUT2D eigenvalue weighted by Gasteiger charge is 2.14. The molecule has 0 aromatic heterocycles. The van der Waals surface area contributed by atoms with Crippen LogP contribution in [0.2, 0.25) is 0 Å². The first-order valence-electron chi connectivity index (χ1n) is 4.72. The van der Waals surface area contributed by atoms with Crippen molar-refractivity contribution in [3.8, 4) is 5.75 Å². The van der Waals surface area contributed by atoms with E-state index in [1.807, 2.05) is 13.0 Å². The van der Waals surface area contributed by atoms with Crippen LogP contribution in [-0.2, 0) is 9.53 Å². The summed E-state index contributed by atoms with van der Waals surface area (Å²) in [6, 6.07) is 5.43. The maximum Gasteiger partial charge on any atom is 0.337 e. The Kier molecular flexibility index (Phi) is 4.43. The molecule has 0 aliphatic heterocycles. The third kappa shape index (κ3) is 2.58. The maximum absolute atomic E-state index is 11.4. The zero-order chi connectivity index (χ0) is 12.1. The second-order valence-electron chi connectivity index (χ2n) is 3.17. The molecule has 0 atom stereocenters. The molecule has 0 amide bonds. The maximum atomic E-state index is 11.4. The van der Waals surface area contributed by atoms with Crippen LogP contribution in [0.25, 0.3) is 5.57 Å². The van der Waals surface area contributed by atoms with Gasteiger partial charge in [0.2, 0.25) is 0 Å². The van der Waals surface area contributed by atoms with E-state index >= 15 is 0 Å². The van der Waals surface area contributed by atoms with Crippen molar-refractivity contribution in [1.82, 2.24) is 0 Å². The van der Waals surface area contributed by atoms with E-state index in [0.29, 0.717) is 11.3 Å². The number of carbonyl (C=O) groups is 1. The summed E-state index contributed by atoms with van der Waals surface area (Å²) in [7, 11) is 1.33. The number of hydrogen-bond acceptors (Lipinski definition) is 4. The van der Waals surface area contributed by atoms with Crippen molar-refractivity contribution in [3.05, 3.63) is 35.9 Å². The van der Waals surface area contributed by atoms with Crippen molar-refractivity contribution in [2.45, 2.75) is 6.92 Å². The highest BCUT2D eigenvalue weighted by molar-refractivity contribution is 7.80. The fourth-order valence-corrected chi connectivity index (χ4v) is 1.54. The molecule has 0 fully saturated rings. The lowest BCUT2D eigenvalue weighted by atomic mass is 10.0. The second kappa shape index (κ2) is 5.61. The van der Waals surface area contributed by atoms with Crippen molar-refractivity contribution in [2.75, 3.05) is 13.0 Å². The van der Waals surface area contributed by atoms with E-state index in [4.69, 9.17) is 4.74 Å². The van der Waals surface area contributed by atoms with E-state index in [1.165, 1.54) is 7.11 Å². The van der Waals surface area contributed by atoms with Crippen molar-refractivity contribution in [1.29, 1.82) is 0 Å². The number of thiol groups is 1. The summed E-state index contributed by atoms with van der Waals surface area (Å²) in [5.74, 6) is 0.540. The van der Waals surface area contributed by atoms with Crippen molar-refractivity contribution < 1.29 is 14.3 Å². The van der Waals surface area contributed by atoms with E-state index in [0.717, 1.165) is 11.1 Å². The van der Waals surface area contributed by atoms with Gasteiger partial charge in [-0.1, -0.05) is 18.7 Å². The number of benzene rings is 1. The summed E-state index contributed by atoms with van der Waals surface area (Å²) in [6.45, 7) is 5.57. The first-order valence-corrected chi connectivity index (χ1v) is 5.36. The van der Waals surface area contributed by atoms with Crippen LogP contribution in [0, 0.1) is 6.92 Å². The van der Waals surface area contributed by atoms with Crippen LogP contribution in [-0.4, -0.2) is 19.0 Å². The van der Waals surface area contributed by atoms with Crippen LogP contribution >= 0.6 is 12.6 Å². The van der Waals surface area contributed by atoms with E-state index in [9.17, 15) is 4.79 Å². The lowest BCUT2D eigenvalue weighted by Gasteiger charge is -2.11. The zero-order valence-corrected chi connectivity index (χ0v) is 10.2. The molecule has 4 heteroatoms. The number of esters is 1. The molecule has 16 heavy (non-hydrogen) atoms. The fraction of sp³-hybridized carbons (Fsp3) is 0.250. The Balaban J connectivity index is 3.10. The minimum absolute atomic E-state index is 0.287. The molecule has 0 spiro atoms. The SMILES string of the molecule is C=C(C(=O)OC)c1cccc(OCS)c1C. The predicted molar refractivity (Wildman–Crippen MR) is 66.7 cm³/mol. The van der Waals surface area contributed by atoms with Crippen LogP contribution < -0.4 is 4.74 Å². The summed E-state index contributed by atoms with van der Waals surface area (Å²) in [5, 5.41) is 0. The summed E-state index contributed by atoms with van der Waals surface area (Å²) >= 11 is 3.99. The molecular weight excluding hydrogens is 224 g/mol. The Morgan fingerprint density at radius 3 is 2.75 bits per heavy atom. The first-order chi connectivity index (χ1) is 7.61. The quantitative estimate of drug-likeness (QED) is 0.379. The smallest absolute Gasteiger partial charge is 0.337 e. The normalized spacial score (nSPS) is 9.69. The predicted octanol–water partition coefficient (Wildman–Crippen LogP) is 2.45. The molecule has 86 valence electrons. The molecule has 0 heterocycles. The second-order valence-corrected chi connectivity index (χ2v) is 3.43. The van der Waals surface area contributed by atoms with E-state index in [-0.39, 0.29) is 5.94 Å². The highest BCUT2D eigenvalue weighted by Crippen LogP contribution is 2.26. The number of carbonyl (C=O) groups excluding carboxylic acids is 1. The lowest BCUT2D eigenvalue weighted by molar-refractivity contribution is -0.133. The molecule has 0 aliphatic rings. The molecule has 0 radical (unpaired) electrons. The summed E-state index contributed by atoms with van der Waals surface area (Å²) in [4.78, 5) is 11.4. The van der Waals surface area contributed by atoms with Gasteiger partial charge in [-0.05, 0) is 24.1 Å². The Bertz CT molecular complexity index is 413. The van der Waals surface area contributed by atoms with E-state index < -0.39 is 5.97 Å². The minimum atomic E-state index is -0.439. The molecule has 0 N–H and O–H groups in total. The first kappa shape index (κ1) is 12.6. The van der Waals surface area contributed by atoms with Crippen molar-refractivity contribution in [3.63, 3.8) is 0 Å². The van der Waals surface area contributed by atoms with Gasteiger partial charge in [0.1, 0.15) is 11.7 Å². The molecule has 1 rings (SSSR count). The average Bonchev–Trinajstić information content (AvgIpc) is 2.30. The largest absolute Gasteiger partial charge is 0.483 e. The van der Waals surface area contributed by atoms with E-state index in [2.05, 4.69) is 23.9 Å². The van der Waals surface area contributed by atoms with Gasteiger partial charge in [0.25, 0.3) is 0 Å². The monoisotopic (exact) mass is 238 g/mol.